The minimum absolute atomic E-state index is 0.0614. The molecule has 0 amide bonds. The monoisotopic (exact) mass is 431 g/mol. The van der Waals surface area contributed by atoms with Crippen LogP contribution in [0.2, 0.25) is 0 Å². The minimum atomic E-state index is -4.08. The molecular formula is C18H19F2NO5S2. The van der Waals surface area contributed by atoms with E-state index in [1.807, 2.05) is 0 Å². The topological polar surface area (TPSA) is 80.8 Å². The molecule has 152 valence electrons. The van der Waals surface area contributed by atoms with E-state index >= 15 is 0 Å². The summed E-state index contributed by atoms with van der Waals surface area (Å²) in [5, 5.41) is -0.968. The van der Waals surface area contributed by atoms with Crippen molar-refractivity contribution in [2.45, 2.75) is 27.9 Å². The molecule has 0 bridgehead atoms. The van der Waals surface area contributed by atoms with Gasteiger partial charge in [-0.3, -0.25) is 0 Å². The minimum Gasteiger partial charge on any atom is -0.494 e. The van der Waals surface area contributed by atoms with E-state index in [4.69, 9.17) is 4.74 Å². The third-order valence-corrected chi connectivity index (χ3v) is 8.74. The molecule has 1 heterocycles. The molecule has 10 heteroatoms. The van der Waals surface area contributed by atoms with E-state index in [9.17, 15) is 25.6 Å². The van der Waals surface area contributed by atoms with Crippen molar-refractivity contribution < 1.29 is 30.4 Å². The smallest absolute Gasteiger partial charge is 0.243 e. The lowest BCUT2D eigenvalue weighted by Gasteiger charge is -2.31. The number of hydrogen-bond donors (Lipinski definition) is 0. The van der Waals surface area contributed by atoms with Gasteiger partial charge in [0.25, 0.3) is 0 Å². The summed E-state index contributed by atoms with van der Waals surface area (Å²) in [4.78, 5) is -0.334. The van der Waals surface area contributed by atoms with Crippen LogP contribution in [0.15, 0.2) is 52.3 Å². The summed E-state index contributed by atoms with van der Waals surface area (Å²) < 4.78 is 84.2. The van der Waals surface area contributed by atoms with E-state index < -0.39 is 36.7 Å². The summed E-state index contributed by atoms with van der Waals surface area (Å²) in [5.41, 5.74) is 0. The third-order valence-electron chi connectivity index (χ3n) is 4.68. The Labute approximate surface area is 162 Å². The fourth-order valence-corrected chi connectivity index (χ4v) is 6.53. The average molecular weight is 431 g/mol. The lowest BCUT2D eigenvalue weighted by atomic mass is 10.2. The van der Waals surface area contributed by atoms with Crippen molar-refractivity contribution in [3.63, 3.8) is 0 Å². The molecule has 0 radical (unpaired) electrons. The average Bonchev–Trinajstić information content (AvgIpc) is 2.68. The number of ether oxygens (including phenoxy) is 1. The Morgan fingerprint density at radius 1 is 1.00 bits per heavy atom. The first-order valence-electron chi connectivity index (χ1n) is 8.49. The van der Waals surface area contributed by atoms with Crippen LogP contribution in [0.5, 0.6) is 5.75 Å². The third kappa shape index (κ3) is 3.89. The Balaban J connectivity index is 1.88. The highest BCUT2D eigenvalue weighted by Gasteiger charge is 2.37. The highest BCUT2D eigenvalue weighted by molar-refractivity contribution is 7.92. The number of rotatable bonds is 5. The number of benzene rings is 2. The van der Waals surface area contributed by atoms with Crippen LogP contribution in [0.25, 0.3) is 0 Å². The van der Waals surface area contributed by atoms with Gasteiger partial charge in [-0.1, -0.05) is 0 Å². The van der Waals surface area contributed by atoms with E-state index in [0.717, 1.165) is 34.6 Å². The standard InChI is InChI=1S/C18H19F2NO5S2/c1-26-18-9-8-15(11-17(18)20)28(24,25)21-10-2-3-16(12-21)27(22,23)14-6-4-13(19)5-7-14/h4-9,11,16H,2-3,10,12H2,1H3. The van der Waals surface area contributed by atoms with Crippen LogP contribution in [-0.2, 0) is 19.9 Å². The Morgan fingerprint density at radius 3 is 2.25 bits per heavy atom. The first-order chi connectivity index (χ1) is 13.2. The van der Waals surface area contributed by atoms with E-state index in [2.05, 4.69) is 0 Å². The first-order valence-corrected chi connectivity index (χ1v) is 11.5. The largest absolute Gasteiger partial charge is 0.494 e. The first kappa shape index (κ1) is 20.7. The Kier molecular flexibility index (Phi) is 5.74. The molecule has 1 fully saturated rings. The predicted octanol–water partition coefficient (Wildman–Crippen LogP) is 2.60. The van der Waals surface area contributed by atoms with Crippen molar-refractivity contribution in [2.24, 2.45) is 0 Å². The second-order valence-corrected chi connectivity index (χ2v) is 10.6. The summed E-state index contributed by atoms with van der Waals surface area (Å²) >= 11 is 0. The zero-order chi connectivity index (χ0) is 20.5. The van der Waals surface area contributed by atoms with Crippen LogP contribution in [-0.4, -0.2) is 46.6 Å². The molecule has 2 aromatic rings. The zero-order valence-electron chi connectivity index (χ0n) is 15.0. The van der Waals surface area contributed by atoms with Crippen molar-refractivity contribution >= 4 is 19.9 Å². The molecule has 1 unspecified atom stereocenters. The number of methoxy groups -OCH3 is 1. The van der Waals surface area contributed by atoms with Crippen molar-refractivity contribution in [2.75, 3.05) is 20.2 Å². The van der Waals surface area contributed by atoms with Crippen molar-refractivity contribution in [3.8, 4) is 5.75 Å². The van der Waals surface area contributed by atoms with E-state index in [1.165, 1.54) is 19.2 Å². The van der Waals surface area contributed by atoms with E-state index in [0.29, 0.717) is 6.42 Å². The number of nitrogens with zero attached hydrogens (tertiary/aromatic N) is 1. The van der Waals surface area contributed by atoms with Gasteiger partial charge in [0.2, 0.25) is 10.0 Å². The lowest BCUT2D eigenvalue weighted by molar-refractivity contribution is 0.345. The molecule has 3 rings (SSSR count). The van der Waals surface area contributed by atoms with Crippen LogP contribution >= 0.6 is 0 Å². The molecule has 1 aliphatic heterocycles. The maximum Gasteiger partial charge on any atom is 0.243 e. The molecule has 0 spiro atoms. The van der Waals surface area contributed by atoms with Crippen molar-refractivity contribution in [1.82, 2.24) is 4.31 Å². The quantitative estimate of drug-likeness (QED) is 0.680. The molecule has 1 atom stereocenters. The van der Waals surface area contributed by atoms with Gasteiger partial charge in [-0.25, -0.2) is 25.6 Å². The van der Waals surface area contributed by atoms with Gasteiger partial charge >= 0.3 is 0 Å². The molecule has 28 heavy (non-hydrogen) atoms. The molecule has 0 N–H and O–H groups in total. The van der Waals surface area contributed by atoms with Gasteiger partial charge in [0.15, 0.2) is 21.4 Å². The summed E-state index contributed by atoms with van der Waals surface area (Å²) in [6, 6.07) is 7.70. The van der Waals surface area contributed by atoms with E-state index in [-0.39, 0.29) is 35.1 Å². The van der Waals surface area contributed by atoms with Crippen molar-refractivity contribution in [1.29, 1.82) is 0 Å². The predicted molar refractivity (Wildman–Crippen MR) is 98.3 cm³/mol. The number of sulfonamides is 1. The van der Waals surface area contributed by atoms with Gasteiger partial charge in [-0.05, 0) is 55.3 Å². The lowest BCUT2D eigenvalue weighted by Crippen LogP contribution is -2.45. The highest BCUT2D eigenvalue weighted by Crippen LogP contribution is 2.29. The second kappa shape index (κ2) is 7.76. The summed E-state index contributed by atoms with van der Waals surface area (Å²) in [7, 11) is -6.65. The Bertz CT molecular complexity index is 1070. The van der Waals surface area contributed by atoms with Gasteiger partial charge in [0, 0.05) is 13.1 Å². The number of sulfone groups is 1. The van der Waals surface area contributed by atoms with Gasteiger partial charge < -0.3 is 4.74 Å². The maximum absolute atomic E-state index is 13.9. The van der Waals surface area contributed by atoms with Gasteiger partial charge in [-0.15, -0.1) is 0 Å². The molecule has 6 nitrogen and oxygen atoms in total. The number of halogens is 2. The Morgan fingerprint density at radius 2 is 1.64 bits per heavy atom. The van der Waals surface area contributed by atoms with Crippen LogP contribution < -0.4 is 4.74 Å². The SMILES string of the molecule is COc1ccc(S(=O)(=O)N2CCCC(S(=O)(=O)c3ccc(F)cc3)C2)cc1F. The molecular weight excluding hydrogens is 412 g/mol. The maximum atomic E-state index is 13.9. The number of hydrogen-bond acceptors (Lipinski definition) is 5. The molecule has 1 aliphatic rings. The fourth-order valence-electron chi connectivity index (χ4n) is 3.15. The molecule has 1 saturated heterocycles. The molecule has 0 aromatic heterocycles. The Hall–Kier alpha value is -2.04. The van der Waals surface area contributed by atoms with Crippen LogP contribution in [0.1, 0.15) is 12.8 Å². The fraction of sp³-hybridized carbons (Fsp3) is 0.333. The number of piperidine rings is 1. The molecule has 0 aliphatic carbocycles. The molecule has 2 aromatic carbocycles. The van der Waals surface area contributed by atoms with Crippen LogP contribution in [0, 0.1) is 11.6 Å². The van der Waals surface area contributed by atoms with Gasteiger partial charge in [-0.2, -0.15) is 4.31 Å². The van der Waals surface area contributed by atoms with Crippen LogP contribution in [0.4, 0.5) is 8.78 Å². The zero-order valence-corrected chi connectivity index (χ0v) is 16.6. The molecule has 0 saturated carbocycles. The second-order valence-electron chi connectivity index (χ2n) is 6.42. The summed E-state index contributed by atoms with van der Waals surface area (Å²) in [6.45, 7) is -0.124. The van der Waals surface area contributed by atoms with Gasteiger partial charge in [0.1, 0.15) is 5.82 Å². The normalized spacial score (nSPS) is 18.8. The van der Waals surface area contributed by atoms with Gasteiger partial charge in [0.05, 0.1) is 22.2 Å². The van der Waals surface area contributed by atoms with Crippen LogP contribution in [0.3, 0.4) is 0 Å². The van der Waals surface area contributed by atoms with Crippen molar-refractivity contribution in [3.05, 3.63) is 54.1 Å². The highest BCUT2D eigenvalue weighted by atomic mass is 32.2. The van der Waals surface area contributed by atoms with E-state index in [1.54, 1.807) is 0 Å². The summed E-state index contributed by atoms with van der Waals surface area (Å²) in [6.07, 6.45) is 0.617. The summed E-state index contributed by atoms with van der Waals surface area (Å²) in [5.74, 6) is -1.47.